The van der Waals surface area contributed by atoms with Gasteiger partial charge in [0.15, 0.2) is 0 Å². The smallest absolute Gasteiger partial charge is 0.0965 e. The monoisotopic (exact) mass is 252 g/mol. The van der Waals surface area contributed by atoms with Crippen LogP contribution in [-0.2, 0) is 0 Å². The van der Waals surface area contributed by atoms with Crippen molar-refractivity contribution in [1.82, 2.24) is 10.3 Å². The number of rotatable bonds is 7. The first-order valence-corrected chi connectivity index (χ1v) is 7.39. The van der Waals surface area contributed by atoms with Crippen molar-refractivity contribution >= 4 is 11.8 Å². The molecule has 3 heteroatoms. The molecule has 1 unspecified atom stereocenters. The predicted molar refractivity (Wildman–Crippen MR) is 76.8 cm³/mol. The fourth-order valence-electron chi connectivity index (χ4n) is 1.94. The highest BCUT2D eigenvalue weighted by Crippen LogP contribution is 2.19. The molecule has 0 saturated carbocycles. The van der Waals surface area contributed by atoms with E-state index in [2.05, 4.69) is 43.2 Å². The van der Waals surface area contributed by atoms with Gasteiger partial charge in [0.2, 0.25) is 0 Å². The Balaban J connectivity index is 2.31. The second kappa shape index (κ2) is 7.72. The van der Waals surface area contributed by atoms with Gasteiger partial charge in [-0.05, 0) is 63.6 Å². The highest BCUT2D eigenvalue weighted by Gasteiger charge is 2.03. The molecule has 1 aromatic heterocycles. The zero-order chi connectivity index (χ0) is 12.7. The van der Waals surface area contributed by atoms with E-state index in [9.17, 15) is 0 Å². The van der Waals surface area contributed by atoms with Crippen molar-refractivity contribution in [2.24, 2.45) is 0 Å². The molecule has 0 aliphatic rings. The van der Waals surface area contributed by atoms with Crippen LogP contribution in [0.2, 0.25) is 0 Å². The van der Waals surface area contributed by atoms with Crippen LogP contribution in [0.5, 0.6) is 0 Å². The van der Waals surface area contributed by atoms with Crippen LogP contribution in [0.15, 0.2) is 17.2 Å². The number of hydrogen-bond donors (Lipinski definition) is 1. The summed E-state index contributed by atoms with van der Waals surface area (Å²) in [6, 6.07) is 4.97. The van der Waals surface area contributed by atoms with Crippen LogP contribution in [0.1, 0.15) is 37.4 Å². The van der Waals surface area contributed by atoms with Crippen LogP contribution < -0.4 is 5.32 Å². The molecule has 1 aromatic rings. The van der Waals surface area contributed by atoms with Crippen LogP contribution in [0.25, 0.3) is 0 Å². The fraction of sp³-hybridized carbons (Fsp3) is 0.643. The number of nitrogens with one attached hydrogen (secondary N) is 1. The second-order valence-corrected chi connectivity index (χ2v) is 5.62. The van der Waals surface area contributed by atoms with Gasteiger partial charge in [0.25, 0.3) is 0 Å². The molecule has 1 heterocycles. The van der Waals surface area contributed by atoms with Crippen LogP contribution in [0.4, 0.5) is 0 Å². The lowest BCUT2D eigenvalue weighted by molar-refractivity contribution is 0.504. The Labute approximate surface area is 110 Å². The zero-order valence-electron chi connectivity index (χ0n) is 11.4. The van der Waals surface area contributed by atoms with Crippen molar-refractivity contribution in [1.29, 1.82) is 0 Å². The standard InChI is InChI=1S/C14H24N2S/c1-5-13(15-4)7-6-8-17-14-10-11(2)9-12(3)16-14/h9-10,13,15H,5-8H2,1-4H3. The molecule has 96 valence electrons. The van der Waals surface area contributed by atoms with Gasteiger partial charge < -0.3 is 5.32 Å². The molecular formula is C14H24N2S. The van der Waals surface area contributed by atoms with E-state index in [-0.39, 0.29) is 0 Å². The van der Waals surface area contributed by atoms with Crippen molar-refractivity contribution in [2.45, 2.75) is 51.1 Å². The van der Waals surface area contributed by atoms with Crippen LogP contribution in [0.3, 0.4) is 0 Å². The van der Waals surface area contributed by atoms with Crippen LogP contribution >= 0.6 is 11.8 Å². The van der Waals surface area contributed by atoms with E-state index in [0.717, 1.165) is 11.4 Å². The zero-order valence-corrected chi connectivity index (χ0v) is 12.2. The first-order chi connectivity index (χ1) is 8.15. The molecular weight excluding hydrogens is 228 g/mol. The Kier molecular flexibility index (Phi) is 6.60. The molecule has 1 rings (SSSR count). The van der Waals surface area contributed by atoms with E-state index < -0.39 is 0 Å². The van der Waals surface area contributed by atoms with E-state index in [1.54, 1.807) is 0 Å². The van der Waals surface area contributed by atoms with Gasteiger partial charge >= 0.3 is 0 Å². The van der Waals surface area contributed by atoms with E-state index in [1.807, 2.05) is 18.8 Å². The normalized spacial score (nSPS) is 12.7. The summed E-state index contributed by atoms with van der Waals surface area (Å²) in [5.74, 6) is 1.16. The SMILES string of the molecule is CCC(CCCSc1cc(C)cc(C)n1)NC. The maximum absolute atomic E-state index is 4.54. The summed E-state index contributed by atoms with van der Waals surface area (Å²) in [6.45, 7) is 6.43. The molecule has 0 amide bonds. The van der Waals surface area contributed by atoms with Crippen molar-refractivity contribution in [3.63, 3.8) is 0 Å². The Morgan fingerprint density at radius 3 is 2.71 bits per heavy atom. The van der Waals surface area contributed by atoms with Gasteiger partial charge in [0, 0.05) is 11.7 Å². The average molecular weight is 252 g/mol. The summed E-state index contributed by atoms with van der Waals surface area (Å²) in [5.41, 5.74) is 2.43. The number of thioether (sulfide) groups is 1. The Morgan fingerprint density at radius 1 is 1.35 bits per heavy atom. The molecule has 0 radical (unpaired) electrons. The first-order valence-electron chi connectivity index (χ1n) is 6.41. The highest BCUT2D eigenvalue weighted by molar-refractivity contribution is 7.99. The summed E-state index contributed by atoms with van der Waals surface area (Å²) in [4.78, 5) is 4.54. The molecule has 1 atom stereocenters. The number of pyridine rings is 1. The fourth-order valence-corrected chi connectivity index (χ4v) is 2.94. The quantitative estimate of drug-likeness (QED) is 0.593. The minimum atomic E-state index is 0.669. The number of nitrogens with zero attached hydrogens (tertiary/aromatic N) is 1. The Hall–Kier alpha value is -0.540. The second-order valence-electron chi connectivity index (χ2n) is 4.51. The number of hydrogen-bond acceptors (Lipinski definition) is 3. The first kappa shape index (κ1) is 14.5. The van der Waals surface area contributed by atoms with E-state index >= 15 is 0 Å². The van der Waals surface area contributed by atoms with Crippen molar-refractivity contribution in [2.75, 3.05) is 12.8 Å². The summed E-state index contributed by atoms with van der Waals surface area (Å²) >= 11 is 1.87. The van der Waals surface area contributed by atoms with Gasteiger partial charge in [-0.2, -0.15) is 0 Å². The lowest BCUT2D eigenvalue weighted by atomic mass is 10.1. The Bertz CT molecular complexity index is 315. The molecule has 0 spiro atoms. The van der Waals surface area contributed by atoms with E-state index in [4.69, 9.17) is 0 Å². The number of aromatic nitrogens is 1. The third kappa shape index (κ3) is 5.55. The van der Waals surface area contributed by atoms with Gasteiger partial charge in [-0.15, -0.1) is 11.8 Å². The molecule has 0 aliphatic heterocycles. The minimum Gasteiger partial charge on any atom is -0.317 e. The summed E-state index contributed by atoms with van der Waals surface area (Å²) in [7, 11) is 2.05. The number of aryl methyl sites for hydroxylation is 2. The highest BCUT2D eigenvalue weighted by atomic mass is 32.2. The topological polar surface area (TPSA) is 24.9 Å². The molecule has 1 N–H and O–H groups in total. The Morgan fingerprint density at radius 2 is 2.12 bits per heavy atom. The van der Waals surface area contributed by atoms with E-state index in [0.29, 0.717) is 6.04 Å². The summed E-state index contributed by atoms with van der Waals surface area (Å²) in [6.07, 6.45) is 3.71. The predicted octanol–water partition coefficient (Wildman–Crippen LogP) is 3.57. The van der Waals surface area contributed by atoms with Gasteiger partial charge in [0.1, 0.15) is 0 Å². The molecule has 2 nitrogen and oxygen atoms in total. The molecule has 0 saturated heterocycles. The molecule has 0 fully saturated rings. The summed E-state index contributed by atoms with van der Waals surface area (Å²) < 4.78 is 0. The summed E-state index contributed by atoms with van der Waals surface area (Å²) in [5, 5.41) is 4.51. The van der Waals surface area contributed by atoms with Gasteiger partial charge in [-0.25, -0.2) is 4.98 Å². The van der Waals surface area contributed by atoms with Gasteiger partial charge in [-0.3, -0.25) is 0 Å². The lowest BCUT2D eigenvalue weighted by Crippen LogP contribution is -2.23. The molecule has 0 bridgehead atoms. The van der Waals surface area contributed by atoms with Crippen molar-refractivity contribution in [3.05, 3.63) is 23.4 Å². The third-order valence-electron chi connectivity index (χ3n) is 2.92. The molecule has 0 aromatic carbocycles. The lowest BCUT2D eigenvalue weighted by Gasteiger charge is -2.12. The van der Waals surface area contributed by atoms with Gasteiger partial charge in [-0.1, -0.05) is 6.92 Å². The minimum absolute atomic E-state index is 0.669. The third-order valence-corrected chi connectivity index (χ3v) is 3.92. The average Bonchev–Trinajstić information content (AvgIpc) is 2.28. The van der Waals surface area contributed by atoms with Gasteiger partial charge in [0.05, 0.1) is 5.03 Å². The van der Waals surface area contributed by atoms with Crippen LogP contribution in [0, 0.1) is 13.8 Å². The van der Waals surface area contributed by atoms with Crippen molar-refractivity contribution in [3.8, 4) is 0 Å². The largest absolute Gasteiger partial charge is 0.317 e. The molecule has 17 heavy (non-hydrogen) atoms. The van der Waals surface area contributed by atoms with Crippen LogP contribution in [-0.4, -0.2) is 23.8 Å². The van der Waals surface area contributed by atoms with E-state index in [1.165, 1.54) is 29.9 Å². The maximum Gasteiger partial charge on any atom is 0.0965 e. The maximum atomic E-state index is 4.54. The molecule has 0 aliphatic carbocycles. The van der Waals surface area contributed by atoms with Crippen molar-refractivity contribution < 1.29 is 0 Å².